The van der Waals surface area contributed by atoms with Crippen LogP contribution in [-0.4, -0.2) is 6.54 Å². The Balaban J connectivity index is 1.54. The minimum Gasteiger partial charge on any atom is -0.344 e. The predicted molar refractivity (Wildman–Crippen MR) is 118 cm³/mol. The summed E-state index contributed by atoms with van der Waals surface area (Å²) in [6.45, 7) is 5.35. The summed E-state index contributed by atoms with van der Waals surface area (Å²) >= 11 is 6.31. The Morgan fingerprint density at radius 2 is 1.64 bits per heavy atom. The van der Waals surface area contributed by atoms with Crippen LogP contribution in [0.15, 0.2) is 91.4 Å². The zero-order valence-electron chi connectivity index (χ0n) is 16.2. The van der Waals surface area contributed by atoms with Crippen LogP contribution in [0, 0.1) is 0 Å². The molecule has 1 aliphatic heterocycles. The van der Waals surface area contributed by atoms with Crippen molar-refractivity contribution in [3.8, 4) is 5.69 Å². The topological polar surface area (TPSA) is 7.12 Å². The minimum absolute atomic E-state index is 0.504. The maximum absolute atomic E-state index is 6.31. The molecule has 0 unspecified atom stereocenters. The highest BCUT2D eigenvalue weighted by atomic mass is 35.5. The predicted octanol–water partition coefficient (Wildman–Crippen LogP) is 6.16. The number of hydrogen-bond acceptors (Lipinski definition) is 1. The standard InChI is InChI=1S/C25H24ClN2/c1-19(2)22-7-3-5-9-24(22)27-15-11-20(12-16-27)21-13-17-28(18-14-21)25-10-6-4-8-23(25)26/h3-15,17-19H,16H2,1-2H3/q+1. The number of halogens is 1. The summed E-state index contributed by atoms with van der Waals surface area (Å²) in [6, 6.07) is 20.8. The first-order valence-electron chi connectivity index (χ1n) is 9.64. The summed E-state index contributed by atoms with van der Waals surface area (Å²) in [7, 11) is 0. The highest BCUT2D eigenvalue weighted by molar-refractivity contribution is 6.32. The van der Waals surface area contributed by atoms with Gasteiger partial charge in [0.05, 0.1) is 0 Å². The Kier molecular flexibility index (Phi) is 5.31. The van der Waals surface area contributed by atoms with Crippen LogP contribution in [0.2, 0.25) is 5.02 Å². The molecule has 1 aliphatic rings. The van der Waals surface area contributed by atoms with Crippen LogP contribution in [0.25, 0.3) is 11.3 Å². The maximum Gasteiger partial charge on any atom is 0.229 e. The van der Waals surface area contributed by atoms with Gasteiger partial charge in [-0.05, 0) is 40.8 Å². The van der Waals surface area contributed by atoms with Crippen molar-refractivity contribution < 1.29 is 4.57 Å². The molecule has 0 bridgehead atoms. The van der Waals surface area contributed by atoms with E-state index in [0.717, 1.165) is 17.3 Å². The first-order valence-corrected chi connectivity index (χ1v) is 10.0. The third kappa shape index (κ3) is 3.74. The summed E-state index contributed by atoms with van der Waals surface area (Å²) in [4.78, 5) is 2.31. The van der Waals surface area contributed by atoms with E-state index in [1.54, 1.807) is 0 Å². The molecule has 0 aliphatic carbocycles. The third-order valence-electron chi connectivity index (χ3n) is 5.10. The average Bonchev–Trinajstić information content (AvgIpc) is 2.74. The van der Waals surface area contributed by atoms with Crippen molar-refractivity contribution in [1.29, 1.82) is 0 Å². The molecule has 0 saturated carbocycles. The molecule has 3 aromatic rings. The molecule has 1 aromatic heterocycles. The normalized spacial score (nSPS) is 13.7. The number of benzene rings is 2. The quantitative estimate of drug-likeness (QED) is 0.486. The van der Waals surface area contributed by atoms with Gasteiger partial charge in [-0.25, -0.2) is 0 Å². The van der Waals surface area contributed by atoms with Crippen molar-refractivity contribution in [3.63, 3.8) is 0 Å². The van der Waals surface area contributed by atoms with Gasteiger partial charge < -0.3 is 4.90 Å². The van der Waals surface area contributed by atoms with E-state index >= 15 is 0 Å². The van der Waals surface area contributed by atoms with E-state index in [4.69, 9.17) is 11.6 Å². The Hall–Kier alpha value is -2.84. The number of rotatable bonds is 4. The summed E-state index contributed by atoms with van der Waals surface area (Å²) in [6.07, 6.45) is 10.8. The summed E-state index contributed by atoms with van der Waals surface area (Å²) in [5, 5.41) is 0.747. The zero-order valence-corrected chi connectivity index (χ0v) is 17.0. The van der Waals surface area contributed by atoms with Gasteiger partial charge in [0.15, 0.2) is 12.4 Å². The van der Waals surface area contributed by atoms with Crippen LogP contribution >= 0.6 is 11.6 Å². The molecule has 0 amide bonds. The molecule has 0 atom stereocenters. The molecular formula is C25H24ClN2+. The van der Waals surface area contributed by atoms with Crippen molar-refractivity contribution in [1.82, 2.24) is 0 Å². The van der Waals surface area contributed by atoms with E-state index in [-0.39, 0.29) is 0 Å². The minimum atomic E-state index is 0.504. The van der Waals surface area contributed by atoms with Gasteiger partial charge in [-0.1, -0.05) is 61.9 Å². The zero-order chi connectivity index (χ0) is 19.5. The molecule has 140 valence electrons. The monoisotopic (exact) mass is 387 g/mol. The van der Waals surface area contributed by atoms with Gasteiger partial charge >= 0.3 is 0 Å². The van der Waals surface area contributed by atoms with Gasteiger partial charge in [-0.2, -0.15) is 4.57 Å². The molecule has 3 heteroatoms. The van der Waals surface area contributed by atoms with Crippen LogP contribution in [0.4, 0.5) is 5.69 Å². The second-order valence-corrected chi connectivity index (χ2v) is 7.69. The molecular weight excluding hydrogens is 364 g/mol. The molecule has 0 radical (unpaired) electrons. The SMILES string of the molecule is CC(C)c1ccccc1N1C=CC(c2cc[n+](-c3ccccc3Cl)cc2)=CC1. The lowest BCUT2D eigenvalue weighted by Crippen LogP contribution is -2.29. The van der Waals surface area contributed by atoms with Crippen molar-refractivity contribution in [2.45, 2.75) is 19.8 Å². The van der Waals surface area contributed by atoms with Gasteiger partial charge in [0.1, 0.15) is 5.02 Å². The van der Waals surface area contributed by atoms with Crippen LogP contribution in [0.3, 0.4) is 0 Å². The molecule has 2 heterocycles. The van der Waals surface area contributed by atoms with Crippen molar-refractivity contribution in [2.24, 2.45) is 0 Å². The van der Waals surface area contributed by atoms with E-state index < -0.39 is 0 Å². The summed E-state index contributed by atoms with van der Waals surface area (Å²) < 4.78 is 2.05. The van der Waals surface area contributed by atoms with Gasteiger partial charge in [0.25, 0.3) is 0 Å². The fourth-order valence-electron chi connectivity index (χ4n) is 3.57. The lowest BCUT2D eigenvalue weighted by molar-refractivity contribution is -0.595. The number of anilines is 1. The Bertz CT molecular complexity index is 1030. The van der Waals surface area contributed by atoms with Crippen molar-refractivity contribution in [3.05, 3.63) is 108 Å². The molecule has 0 N–H and O–H groups in total. The first-order chi connectivity index (χ1) is 13.6. The lowest BCUT2D eigenvalue weighted by atomic mass is 9.99. The van der Waals surface area contributed by atoms with Crippen molar-refractivity contribution >= 4 is 22.9 Å². The number of allylic oxidation sites excluding steroid dienone is 2. The highest BCUT2D eigenvalue weighted by Gasteiger charge is 2.15. The van der Waals surface area contributed by atoms with Gasteiger partial charge in [-0.15, -0.1) is 0 Å². The summed E-state index contributed by atoms with van der Waals surface area (Å²) in [5.41, 5.74) is 6.10. The molecule has 0 saturated heterocycles. The average molecular weight is 388 g/mol. The third-order valence-corrected chi connectivity index (χ3v) is 5.42. The van der Waals surface area contributed by atoms with E-state index in [0.29, 0.717) is 5.92 Å². The number of pyridine rings is 1. The number of hydrogen-bond donors (Lipinski definition) is 0. The van der Waals surface area contributed by atoms with Gasteiger partial charge in [0.2, 0.25) is 5.69 Å². The van der Waals surface area contributed by atoms with E-state index in [1.807, 2.05) is 28.8 Å². The Morgan fingerprint density at radius 3 is 2.32 bits per heavy atom. The molecule has 4 rings (SSSR count). The number of nitrogens with zero attached hydrogens (tertiary/aromatic N) is 2. The van der Waals surface area contributed by atoms with E-state index in [1.165, 1.54) is 22.4 Å². The number of para-hydroxylation sites is 2. The fraction of sp³-hybridized carbons (Fsp3) is 0.160. The van der Waals surface area contributed by atoms with E-state index in [9.17, 15) is 0 Å². The largest absolute Gasteiger partial charge is 0.344 e. The van der Waals surface area contributed by atoms with Crippen LogP contribution in [0.5, 0.6) is 0 Å². The second-order valence-electron chi connectivity index (χ2n) is 7.29. The molecule has 2 aromatic carbocycles. The van der Waals surface area contributed by atoms with Gasteiger partial charge in [0, 0.05) is 36.6 Å². The van der Waals surface area contributed by atoms with Crippen LogP contribution in [0.1, 0.15) is 30.9 Å². The molecule has 0 fully saturated rings. The first kappa shape index (κ1) is 18.5. The fourth-order valence-corrected chi connectivity index (χ4v) is 3.80. The molecule has 28 heavy (non-hydrogen) atoms. The Labute approximate surface area is 172 Å². The second kappa shape index (κ2) is 8.04. The van der Waals surface area contributed by atoms with Crippen LogP contribution in [-0.2, 0) is 0 Å². The Morgan fingerprint density at radius 1 is 0.929 bits per heavy atom. The van der Waals surface area contributed by atoms with E-state index in [2.05, 4.69) is 85.9 Å². The highest BCUT2D eigenvalue weighted by Crippen LogP contribution is 2.30. The smallest absolute Gasteiger partial charge is 0.229 e. The maximum atomic E-state index is 6.31. The molecule has 0 spiro atoms. The molecule has 2 nitrogen and oxygen atoms in total. The lowest BCUT2D eigenvalue weighted by Gasteiger charge is -2.26. The van der Waals surface area contributed by atoms with Gasteiger partial charge in [-0.3, -0.25) is 0 Å². The number of aromatic nitrogens is 1. The summed E-state index contributed by atoms with van der Waals surface area (Å²) in [5.74, 6) is 0.504. The van der Waals surface area contributed by atoms with Crippen molar-refractivity contribution in [2.75, 3.05) is 11.4 Å². The van der Waals surface area contributed by atoms with Crippen LogP contribution < -0.4 is 9.47 Å².